The van der Waals surface area contributed by atoms with Gasteiger partial charge in [-0.3, -0.25) is 4.79 Å². The zero-order valence-corrected chi connectivity index (χ0v) is 20.9. The van der Waals surface area contributed by atoms with Crippen molar-refractivity contribution in [2.24, 2.45) is 5.41 Å². The number of ether oxygens (including phenoxy) is 1. The van der Waals surface area contributed by atoms with Gasteiger partial charge in [-0.25, -0.2) is 0 Å². The van der Waals surface area contributed by atoms with Gasteiger partial charge < -0.3 is 4.74 Å². The number of carbonyl (C=O) groups is 1. The van der Waals surface area contributed by atoms with Crippen molar-refractivity contribution in [3.05, 3.63) is 76.9 Å². The Morgan fingerprint density at radius 3 is 2.52 bits per heavy atom. The Bertz CT molecular complexity index is 856. The Hall–Kier alpha value is -2.00. The van der Waals surface area contributed by atoms with Crippen LogP contribution in [0.4, 0.5) is 0 Å². The summed E-state index contributed by atoms with van der Waals surface area (Å²) in [6, 6.07) is 10.5. The zero-order valence-electron chi connectivity index (χ0n) is 20.0. The lowest BCUT2D eigenvalue weighted by Gasteiger charge is -2.33. The van der Waals surface area contributed by atoms with E-state index < -0.39 is 0 Å². The summed E-state index contributed by atoms with van der Waals surface area (Å²) in [4.78, 5) is 12.3. The standard InChI is InChI=1S/C28H38O2S/c1-21(14-16-26-22(2)11-10-19-28(26,5)6)15-17-27(23(3)18-20-30-24(4)29)31-25-12-8-7-9-13-25/h7-9,12-16,18,27H,10-11,17,19-20H2,1-6H3/b16-14+,21-15+,23-18+. The minimum absolute atomic E-state index is 0.243. The van der Waals surface area contributed by atoms with Crippen LogP contribution in [0, 0.1) is 5.41 Å². The largest absolute Gasteiger partial charge is 0.462 e. The number of hydrogen-bond donors (Lipinski definition) is 0. The van der Waals surface area contributed by atoms with Crippen LogP contribution in [0.2, 0.25) is 0 Å². The molecule has 0 saturated carbocycles. The third-order valence-corrected chi connectivity index (χ3v) is 7.32. The molecule has 2 nitrogen and oxygen atoms in total. The molecule has 0 aromatic heterocycles. The summed E-state index contributed by atoms with van der Waals surface area (Å²) in [5, 5.41) is 0.299. The number of esters is 1. The molecule has 1 aromatic carbocycles. The fraction of sp³-hybridized carbons (Fsp3) is 0.464. The molecule has 1 aliphatic rings. The first-order valence-corrected chi connectivity index (χ1v) is 12.1. The zero-order chi connectivity index (χ0) is 22.9. The highest BCUT2D eigenvalue weighted by atomic mass is 32.2. The molecule has 0 bridgehead atoms. The fourth-order valence-corrected chi connectivity index (χ4v) is 5.12. The smallest absolute Gasteiger partial charge is 0.302 e. The van der Waals surface area contributed by atoms with E-state index in [9.17, 15) is 4.79 Å². The highest BCUT2D eigenvalue weighted by Gasteiger charge is 2.26. The summed E-state index contributed by atoms with van der Waals surface area (Å²) in [5.41, 5.74) is 5.81. The van der Waals surface area contributed by atoms with Gasteiger partial charge in [0.05, 0.1) is 0 Å². The highest BCUT2D eigenvalue weighted by Crippen LogP contribution is 2.40. The molecule has 0 N–H and O–H groups in total. The molecule has 0 aliphatic heterocycles. The molecule has 0 radical (unpaired) electrons. The van der Waals surface area contributed by atoms with Crippen LogP contribution in [0.1, 0.15) is 67.2 Å². The van der Waals surface area contributed by atoms with Crippen LogP contribution < -0.4 is 0 Å². The van der Waals surface area contributed by atoms with E-state index in [-0.39, 0.29) is 11.4 Å². The van der Waals surface area contributed by atoms with E-state index in [1.807, 2.05) is 23.9 Å². The molecule has 31 heavy (non-hydrogen) atoms. The highest BCUT2D eigenvalue weighted by molar-refractivity contribution is 8.00. The summed E-state index contributed by atoms with van der Waals surface area (Å²) in [6.45, 7) is 13.1. The van der Waals surface area contributed by atoms with E-state index in [0.717, 1.165) is 6.42 Å². The molecule has 1 aromatic rings. The monoisotopic (exact) mass is 438 g/mol. The van der Waals surface area contributed by atoms with E-state index in [1.54, 1.807) is 0 Å². The van der Waals surface area contributed by atoms with Gasteiger partial charge in [0, 0.05) is 17.1 Å². The normalized spacial score (nSPS) is 18.4. The van der Waals surface area contributed by atoms with Gasteiger partial charge in [-0.1, -0.05) is 67.0 Å². The van der Waals surface area contributed by atoms with Gasteiger partial charge in [0.1, 0.15) is 6.61 Å². The van der Waals surface area contributed by atoms with Crippen LogP contribution in [0.25, 0.3) is 0 Å². The quantitative estimate of drug-likeness (QED) is 0.169. The Kier molecular flexibility index (Phi) is 9.90. The number of thioether (sulfide) groups is 1. The summed E-state index contributed by atoms with van der Waals surface area (Å²) in [5.74, 6) is -0.243. The van der Waals surface area contributed by atoms with Crippen molar-refractivity contribution in [1.29, 1.82) is 0 Å². The van der Waals surface area contributed by atoms with Crippen LogP contribution in [-0.4, -0.2) is 17.8 Å². The van der Waals surface area contributed by atoms with E-state index in [0.29, 0.717) is 11.9 Å². The third-order valence-electron chi connectivity index (χ3n) is 5.93. The molecule has 0 saturated heterocycles. The second kappa shape index (κ2) is 12.1. The summed E-state index contributed by atoms with van der Waals surface area (Å²) in [7, 11) is 0. The van der Waals surface area contributed by atoms with Crippen molar-refractivity contribution in [1.82, 2.24) is 0 Å². The van der Waals surface area contributed by atoms with Crippen molar-refractivity contribution in [3.63, 3.8) is 0 Å². The Labute approximate surface area is 193 Å². The topological polar surface area (TPSA) is 26.3 Å². The third kappa shape index (κ3) is 8.57. The van der Waals surface area contributed by atoms with Crippen molar-refractivity contribution < 1.29 is 9.53 Å². The van der Waals surface area contributed by atoms with E-state index in [4.69, 9.17) is 4.74 Å². The Balaban J connectivity index is 2.13. The van der Waals surface area contributed by atoms with Crippen molar-refractivity contribution in [3.8, 4) is 0 Å². The molecule has 1 unspecified atom stereocenters. The van der Waals surface area contributed by atoms with E-state index in [2.05, 4.69) is 77.1 Å². The van der Waals surface area contributed by atoms with Gasteiger partial charge in [0.15, 0.2) is 0 Å². The summed E-state index contributed by atoms with van der Waals surface area (Å²) < 4.78 is 5.12. The van der Waals surface area contributed by atoms with Gasteiger partial charge in [0.2, 0.25) is 0 Å². The van der Waals surface area contributed by atoms with E-state index in [1.165, 1.54) is 53.4 Å². The van der Waals surface area contributed by atoms with Gasteiger partial charge in [0.25, 0.3) is 0 Å². The molecular formula is C28H38O2S. The Morgan fingerprint density at radius 2 is 1.87 bits per heavy atom. The van der Waals surface area contributed by atoms with Gasteiger partial charge in [-0.2, -0.15) is 0 Å². The average molecular weight is 439 g/mol. The summed E-state index contributed by atoms with van der Waals surface area (Å²) in [6.07, 6.45) is 13.7. The van der Waals surface area contributed by atoms with Crippen LogP contribution >= 0.6 is 11.8 Å². The minimum atomic E-state index is -0.243. The minimum Gasteiger partial charge on any atom is -0.462 e. The maximum absolute atomic E-state index is 11.1. The Morgan fingerprint density at radius 1 is 1.16 bits per heavy atom. The van der Waals surface area contributed by atoms with Gasteiger partial charge in [-0.05, 0) is 75.7 Å². The second-order valence-corrected chi connectivity index (χ2v) is 10.4. The van der Waals surface area contributed by atoms with Gasteiger partial charge >= 0.3 is 5.97 Å². The number of carbonyl (C=O) groups excluding carboxylic acids is 1. The molecule has 168 valence electrons. The molecule has 2 rings (SSSR count). The number of benzene rings is 1. The lowest BCUT2D eigenvalue weighted by atomic mass is 9.72. The molecule has 0 heterocycles. The van der Waals surface area contributed by atoms with Crippen LogP contribution in [0.3, 0.4) is 0 Å². The molecule has 1 atom stereocenters. The molecule has 0 fully saturated rings. The van der Waals surface area contributed by atoms with Crippen LogP contribution in [0.5, 0.6) is 0 Å². The predicted octanol–water partition coefficient (Wildman–Crippen LogP) is 8.08. The number of allylic oxidation sites excluding steroid dienone is 6. The SMILES string of the molecule is CC(=O)OC/C=C(\C)C(C/C=C(C)/C=C/C1=C(C)CCCC1(C)C)Sc1ccccc1. The molecule has 0 spiro atoms. The van der Waals surface area contributed by atoms with Gasteiger partial charge in [-0.15, -0.1) is 11.8 Å². The number of hydrogen-bond acceptors (Lipinski definition) is 3. The van der Waals surface area contributed by atoms with Crippen molar-refractivity contribution >= 4 is 17.7 Å². The first-order chi connectivity index (χ1) is 14.7. The number of rotatable bonds is 9. The van der Waals surface area contributed by atoms with Crippen LogP contribution in [-0.2, 0) is 9.53 Å². The molecule has 3 heteroatoms. The lowest BCUT2D eigenvalue weighted by molar-refractivity contribution is -0.139. The summed E-state index contributed by atoms with van der Waals surface area (Å²) >= 11 is 1.86. The first kappa shape index (κ1) is 25.3. The van der Waals surface area contributed by atoms with Crippen LogP contribution in [0.15, 0.2) is 81.8 Å². The molecular weight excluding hydrogens is 400 g/mol. The molecule has 0 amide bonds. The second-order valence-electron chi connectivity index (χ2n) is 9.12. The fourth-order valence-electron chi connectivity index (χ4n) is 4.00. The van der Waals surface area contributed by atoms with Crippen molar-refractivity contribution in [2.45, 2.75) is 77.4 Å². The first-order valence-electron chi connectivity index (χ1n) is 11.3. The lowest BCUT2D eigenvalue weighted by Crippen LogP contribution is -2.19. The average Bonchev–Trinajstić information content (AvgIpc) is 2.70. The molecule has 1 aliphatic carbocycles. The maximum atomic E-state index is 11.1. The van der Waals surface area contributed by atoms with E-state index >= 15 is 0 Å². The maximum Gasteiger partial charge on any atom is 0.302 e. The predicted molar refractivity (Wildman–Crippen MR) is 134 cm³/mol. The van der Waals surface area contributed by atoms with Crippen molar-refractivity contribution in [2.75, 3.05) is 6.61 Å².